The van der Waals surface area contributed by atoms with E-state index in [1.807, 2.05) is 78.7 Å². The number of nitrogens with zero attached hydrogens (tertiary/aromatic N) is 2. The van der Waals surface area contributed by atoms with Crippen LogP contribution in [-0.2, 0) is 10.5 Å². The molecule has 3 heterocycles. The Balaban J connectivity index is 1.51. The van der Waals surface area contributed by atoms with Gasteiger partial charge in [0.25, 0.3) is 5.91 Å². The summed E-state index contributed by atoms with van der Waals surface area (Å²) < 4.78 is 12.9. The molecule has 0 aromatic heterocycles. The molecule has 1 amide bonds. The number of fused-ring (bicyclic) bond motifs is 6. The van der Waals surface area contributed by atoms with Crippen LogP contribution in [0.25, 0.3) is 0 Å². The Morgan fingerprint density at radius 1 is 1.19 bits per heavy atom. The van der Waals surface area contributed by atoms with Gasteiger partial charge < -0.3 is 14.8 Å². The third-order valence-corrected chi connectivity index (χ3v) is 6.66. The van der Waals surface area contributed by atoms with Gasteiger partial charge in [-0.2, -0.15) is 5.10 Å². The van der Waals surface area contributed by atoms with E-state index >= 15 is 0 Å². The monoisotopic (exact) mass is 489 g/mol. The summed E-state index contributed by atoms with van der Waals surface area (Å²) in [6, 6.07) is 21.4. The summed E-state index contributed by atoms with van der Waals surface area (Å²) in [6.45, 7) is 2.59. The molecular formula is C25H20BrN3O3. The summed E-state index contributed by atoms with van der Waals surface area (Å²) in [5, 5.41) is 9.81. The van der Waals surface area contributed by atoms with Gasteiger partial charge in [0.2, 0.25) is 0 Å². The predicted molar refractivity (Wildman–Crippen MR) is 125 cm³/mol. The van der Waals surface area contributed by atoms with Gasteiger partial charge in [0.1, 0.15) is 11.5 Å². The van der Waals surface area contributed by atoms with Gasteiger partial charge in [0.05, 0.1) is 29.6 Å². The number of carbonyl (C=O) groups excluding carboxylic acids is 1. The fourth-order valence-electron chi connectivity index (χ4n) is 4.75. The van der Waals surface area contributed by atoms with Crippen molar-refractivity contribution in [3.05, 3.63) is 87.9 Å². The molecule has 3 aromatic carbocycles. The molecule has 0 bridgehead atoms. The highest BCUT2D eigenvalue weighted by atomic mass is 79.9. The fourth-order valence-corrected chi connectivity index (χ4v) is 5.11. The van der Waals surface area contributed by atoms with Crippen LogP contribution in [0.15, 0.2) is 76.3 Å². The average molecular weight is 490 g/mol. The standard InChI is InChI=1S/C25H20BrN3O3/c1-2-31-17-10-7-15(8-11-17)21-14-22-18-5-3-4-6-23(18)32-25(29(22)28-21)19-13-16(26)9-12-20(19)27-24(25)30/h3-13,22H,2,14H2,1H3,(H,27,30)/t22-,25+/m1/s1. The van der Waals surface area contributed by atoms with Crippen LogP contribution in [0, 0.1) is 0 Å². The van der Waals surface area contributed by atoms with E-state index in [9.17, 15) is 4.79 Å². The van der Waals surface area contributed by atoms with E-state index in [0.29, 0.717) is 18.8 Å². The first kappa shape index (κ1) is 19.4. The third kappa shape index (κ3) is 2.70. The van der Waals surface area contributed by atoms with Crippen molar-refractivity contribution in [1.29, 1.82) is 0 Å². The molecule has 0 saturated carbocycles. The van der Waals surface area contributed by atoms with Crippen molar-refractivity contribution < 1.29 is 14.3 Å². The summed E-state index contributed by atoms with van der Waals surface area (Å²) in [5.74, 6) is 1.30. The number of para-hydroxylation sites is 1. The zero-order valence-electron chi connectivity index (χ0n) is 17.3. The zero-order valence-corrected chi connectivity index (χ0v) is 18.9. The maximum atomic E-state index is 13.5. The van der Waals surface area contributed by atoms with Gasteiger partial charge in [-0.1, -0.05) is 34.1 Å². The molecule has 0 aliphatic carbocycles. The molecule has 160 valence electrons. The molecule has 3 aliphatic heterocycles. The number of ether oxygens (including phenoxy) is 2. The van der Waals surface area contributed by atoms with Crippen molar-refractivity contribution in [3.63, 3.8) is 0 Å². The van der Waals surface area contributed by atoms with E-state index in [1.54, 1.807) is 0 Å². The molecule has 0 unspecified atom stereocenters. The first-order chi connectivity index (χ1) is 15.6. The Kier molecular flexibility index (Phi) is 4.30. The number of anilines is 1. The summed E-state index contributed by atoms with van der Waals surface area (Å²) in [5.41, 5.74) is 3.08. The predicted octanol–water partition coefficient (Wildman–Crippen LogP) is 5.20. The van der Waals surface area contributed by atoms with Crippen molar-refractivity contribution >= 4 is 33.2 Å². The van der Waals surface area contributed by atoms with Gasteiger partial charge in [0, 0.05) is 16.5 Å². The highest BCUT2D eigenvalue weighted by Gasteiger charge is 2.60. The lowest BCUT2D eigenvalue weighted by Gasteiger charge is -2.44. The second-order valence-corrected chi connectivity index (χ2v) is 8.91. The summed E-state index contributed by atoms with van der Waals surface area (Å²) in [4.78, 5) is 13.5. The van der Waals surface area contributed by atoms with Crippen LogP contribution in [0.1, 0.15) is 36.1 Å². The van der Waals surface area contributed by atoms with E-state index in [0.717, 1.165) is 38.3 Å². The highest BCUT2D eigenvalue weighted by Crippen LogP contribution is 2.54. The first-order valence-corrected chi connectivity index (χ1v) is 11.4. The Morgan fingerprint density at radius 3 is 2.81 bits per heavy atom. The third-order valence-electron chi connectivity index (χ3n) is 6.17. The fraction of sp³-hybridized carbons (Fsp3) is 0.200. The van der Waals surface area contributed by atoms with Crippen LogP contribution in [0.4, 0.5) is 5.69 Å². The quantitative estimate of drug-likeness (QED) is 0.549. The van der Waals surface area contributed by atoms with E-state index in [4.69, 9.17) is 14.6 Å². The van der Waals surface area contributed by atoms with Crippen LogP contribution in [0.3, 0.4) is 0 Å². The Morgan fingerprint density at radius 2 is 2.00 bits per heavy atom. The number of rotatable bonds is 3. The summed E-state index contributed by atoms with van der Waals surface area (Å²) in [7, 11) is 0. The van der Waals surface area contributed by atoms with E-state index in [2.05, 4.69) is 21.2 Å². The van der Waals surface area contributed by atoms with Gasteiger partial charge in [-0.05, 0) is 61.0 Å². The number of nitrogens with one attached hydrogen (secondary N) is 1. The highest BCUT2D eigenvalue weighted by molar-refractivity contribution is 9.10. The average Bonchev–Trinajstić information content (AvgIpc) is 3.36. The summed E-state index contributed by atoms with van der Waals surface area (Å²) >= 11 is 3.55. The number of hydrazone groups is 1. The van der Waals surface area contributed by atoms with Gasteiger partial charge >= 0.3 is 5.72 Å². The summed E-state index contributed by atoms with van der Waals surface area (Å²) in [6.07, 6.45) is 0.673. The topological polar surface area (TPSA) is 63.2 Å². The Hall–Kier alpha value is -3.32. The van der Waals surface area contributed by atoms with Gasteiger partial charge in [0.15, 0.2) is 0 Å². The van der Waals surface area contributed by atoms with Gasteiger partial charge in [-0.25, -0.2) is 5.01 Å². The minimum Gasteiger partial charge on any atom is -0.494 e. The number of benzene rings is 3. The molecule has 1 spiro atoms. The van der Waals surface area contributed by atoms with Gasteiger partial charge in [-0.3, -0.25) is 4.79 Å². The van der Waals surface area contributed by atoms with E-state index in [-0.39, 0.29) is 11.9 Å². The van der Waals surface area contributed by atoms with Crippen LogP contribution >= 0.6 is 15.9 Å². The van der Waals surface area contributed by atoms with Crippen molar-refractivity contribution in [1.82, 2.24) is 5.01 Å². The van der Waals surface area contributed by atoms with Crippen molar-refractivity contribution in [2.45, 2.75) is 25.1 Å². The molecule has 2 atom stereocenters. The maximum Gasteiger partial charge on any atom is 0.306 e. The van der Waals surface area contributed by atoms with Crippen LogP contribution in [0.5, 0.6) is 11.5 Å². The smallest absolute Gasteiger partial charge is 0.306 e. The Labute approximate surface area is 194 Å². The van der Waals surface area contributed by atoms with E-state index < -0.39 is 5.72 Å². The number of hydrogen-bond donors (Lipinski definition) is 1. The molecule has 6 rings (SSSR count). The number of amides is 1. The molecule has 3 aliphatic rings. The Bertz CT molecular complexity index is 1270. The lowest BCUT2D eigenvalue weighted by molar-refractivity contribution is -0.161. The molecule has 0 fully saturated rings. The molecule has 6 nitrogen and oxygen atoms in total. The van der Waals surface area contributed by atoms with Crippen molar-refractivity contribution in [2.24, 2.45) is 5.10 Å². The van der Waals surface area contributed by atoms with Crippen LogP contribution in [0.2, 0.25) is 0 Å². The second kappa shape index (κ2) is 7.10. The molecule has 32 heavy (non-hydrogen) atoms. The molecule has 7 heteroatoms. The molecule has 3 aromatic rings. The van der Waals surface area contributed by atoms with Crippen LogP contribution < -0.4 is 14.8 Å². The maximum absolute atomic E-state index is 13.5. The lowest BCUT2D eigenvalue weighted by Crippen LogP contribution is -2.55. The van der Waals surface area contributed by atoms with Gasteiger partial charge in [-0.15, -0.1) is 0 Å². The minimum atomic E-state index is -1.36. The zero-order chi connectivity index (χ0) is 21.9. The van der Waals surface area contributed by atoms with E-state index in [1.165, 1.54) is 0 Å². The van der Waals surface area contributed by atoms with Crippen LogP contribution in [-0.4, -0.2) is 23.2 Å². The normalized spacial score (nSPS) is 22.6. The number of halogens is 1. The van der Waals surface area contributed by atoms with Crippen molar-refractivity contribution in [3.8, 4) is 11.5 Å². The largest absolute Gasteiger partial charge is 0.494 e. The first-order valence-electron chi connectivity index (χ1n) is 10.6. The number of carbonyl (C=O) groups is 1. The lowest BCUT2D eigenvalue weighted by atomic mass is 9.92. The SMILES string of the molecule is CCOc1ccc(C2=NN3[C@H](C2)c2ccccc2O[C@@]32C(=O)Nc3ccc(Br)cc32)cc1. The molecule has 0 radical (unpaired) electrons. The minimum absolute atomic E-state index is 0.114. The molecule has 0 saturated heterocycles. The number of hydrogen-bond acceptors (Lipinski definition) is 5. The van der Waals surface area contributed by atoms with Crippen molar-refractivity contribution in [2.75, 3.05) is 11.9 Å². The second-order valence-electron chi connectivity index (χ2n) is 8.00. The molecular weight excluding hydrogens is 470 g/mol. The molecule has 1 N–H and O–H groups in total.